The van der Waals surface area contributed by atoms with E-state index in [0.717, 1.165) is 23.0 Å². The first-order valence-electron chi connectivity index (χ1n) is 7.10. The first-order valence-corrected chi connectivity index (χ1v) is 7.92. The molecule has 3 rings (SSSR count). The molecule has 1 amide bonds. The maximum absolute atomic E-state index is 13.8. The molecule has 1 aromatic heterocycles. The van der Waals surface area contributed by atoms with E-state index in [9.17, 15) is 13.6 Å². The lowest BCUT2D eigenvalue weighted by atomic mass is 10.1. The second-order valence-corrected chi connectivity index (χ2v) is 6.18. The summed E-state index contributed by atoms with van der Waals surface area (Å²) in [6, 6.07) is 11.7. The molecule has 0 aliphatic rings. The minimum atomic E-state index is -0.656. The smallest absolute Gasteiger partial charge is 0.248 e. The summed E-state index contributed by atoms with van der Waals surface area (Å²) in [5, 5.41) is 0. The van der Waals surface area contributed by atoms with Crippen LogP contribution in [0, 0.1) is 11.6 Å². The first-order chi connectivity index (χ1) is 11.0. The van der Waals surface area contributed by atoms with Crippen molar-refractivity contribution in [2.24, 2.45) is 12.0 Å². The van der Waals surface area contributed by atoms with Gasteiger partial charge in [0.15, 0.2) is 10.6 Å². The molecule has 0 saturated carbocycles. The van der Waals surface area contributed by atoms with Crippen molar-refractivity contribution in [1.82, 2.24) is 4.57 Å². The van der Waals surface area contributed by atoms with Gasteiger partial charge in [-0.3, -0.25) is 4.79 Å². The topological polar surface area (TPSA) is 34.4 Å². The van der Waals surface area contributed by atoms with Crippen LogP contribution in [-0.4, -0.2) is 10.5 Å². The molecule has 0 aliphatic heterocycles. The van der Waals surface area contributed by atoms with E-state index in [-0.39, 0.29) is 17.8 Å². The Labute approximate surface area is 135 Å². The van der Waals surface area contributed by atoms with Crippen molar-refractivity contribution in [3.63, 3.8) is 0 Å². The molecule has 2 aromatic carbocycles. The van der Waals surface area contributed by atoms with Crippen molar-refractivity contribution in [3.05, 3.63) is 64.5 Å². The van der Waals surface area contributed by atoms with Crippen LogP contribution in [0.1, 0.15) is 12.0 Å². The minimum Gasteiger partial charge on any atom is -0.317 e. The van der Waals surface area contributed by atoms with Crippen LogP contribution in [0.3, 0.4) is 0 Å². The van der Waals surface area contributed by atoms with Crippen molar-refractivity contribution >= 4 is 27.5 Å². The molecule has 0 N–H and O–H groups in total. The lowest BCUT2D eigenvalue weighted by molar-refractivity contribution is -0.118. The van der Waals surface area contributed by atoms with E-state index < -0.39 is 11.6 Å². The average molecular weight is 332 g/mol. The third-order valence-electron chi connectivity index (χ3n) is 3.51. The van der Waals surface area contributed by atoms with Gasteiger partial charge >= 0.3 is 0 Å². The number of nitrogens with zero attached hydrogens (tertiary/aromatic N) is 2. The summed E-state index contributed by atoms with van der Waals surface area (Å²) in [6.45, 7) is 0. The number of aryl methyl sites for hydroxylation is 2. The Kier molecular flexibility index (Phi) is 4.34. The standard InChI is InChI=1S/C17H14F2N2OS/c1-21-16-13(19)9-12(18)10-14(16)23-17(21)20-15(22)8-7-11-5-3-2-4-6-11/h2-6,9-10H,7-8H2,1H3. The molecule has 0 fully saturated rings. The summed E-state index contributed by atoms with van der Waals surface area (Å²) < 4.78 is 29.0. The van der Waals surface area contributed by atoms with Crippen LogP contribution in [0.25, 0.3) is 10.2 Å². The molecule has 0 spiro atoms. The maximum atomic E-state index is 13.8. The van der Waals surface area contributed by atoms with E-state index in [2.05, 4.69) is 4.99 Å². The predicted molar refractivity (Wildman–Crippen MR) is 86.0 cm³/mol. The number of halogens is 2. The molecular weight excluding hydrogens is 318 g/mol. The van der Waals surface area contributed by atoms with E-state index >= 15 is 0 Å². The Bertz CT molecular complexity index is 929. The molecule has 0 aliphatic carbocycles. The first kappa shape index (κ1) is 15.6. The number of hydrogen-bond acceptors (Lipinski definition) is 2. The van der Waals surface area contributed by atoms with Gasteiger partial charge in [-0.05, 0) is 18.1 Å². The van der Waals surface area contributed by atoms with E-state index in [1.165, 1.54) is 10.6 Å². The monoisotopic (exact) mass is 332 g/mol. The summed E-state index contributed by atoms with van der Waals surface area (Å²) in [7, 11) is 1.61. The van der Waals surface area contributed by atoms with Crippen LogP contribution in [0.4, 0.5) is 8.78 Å². The lowest BCUT2D eigenvalue weighted by Gasteiger charge is -1.98. The second-order valence-electron chi connectivity index (χ2n) is 5.17. The zero-order valence-corrected chi connectivity index (χ0v) is 13.2. The number of fused-ring (bicyclic) bond motifs is 1. The zero-order valence-electron chi connectivity index (χ0n) is 12.4. The highest BCUT2D eigenvalue weighted by atomic mass is 32.1. The molecule has 0 saturated heterocycles. The molecule has 0 radical (unpaired) electrons. The van der Waals surface area contributed by atoms with Crippen LogP contribution in [0.15, 0.2) is 47.5 Å². The Hall–Kier alpha value is -2.34. The van der Waals surface area contributed by atoms with Crippen molar-refractivity contribution in [3.8, 4) is 0 Å². The molecule has 1 heterocycles. The quantitative estimate of drug-likeness (QED) is 0.722. The number of thiazole rings is 1. The summed E-state index contributed by atoms with van der Waals surface area (Å²) in [5.74, 6) is -1.58. The van der Waals surface area contributed by atoms with Gasteiger partial charge in [-0.25, -0.2) is 8.78 Å². The molecule has 3 aromatic rings. The predicted octanol–water partition coefficient (Wildman–Crippen LogP) is 3.58. The van der Waals surface area contributed by atoms with Gasteiger partial charge in [-0.15, -0.1) is 0 Å². The number of carbonyl (C=O) groups excluding carboxylic acids is 1. The molecule has 3 nitrogen and oxygen atoms in total. The Morgan fingerprint density at radius 2 is 1.96 bits per heavy atom. The number of benzene rings is 2. The highest BCUT2D eigenvalue weighted by Gasteiger charge is 2.11. The zero-order chi connectivity index (χ0) is 16.4. The summed E-state index contributed by atoms with van der Waals surface area (Å²) in [4.78, 5) is 16.4. The van der Waals surface area contributed by atoms with Gasteiger partial charge in [-0.2, -0.15) is 4.99 Å². The van der Waals surface area contributed by atoms with Crippen LogP contribution >= 0.6 is 11.3 Å². The van der Waals surface area contributed by atoms with Gasteiger partial charge in [0, 0.05) is 19.5 Å². The van der Waals surface area contributed by atoms with Crippen molar-refractivity contribution < 1.29 is 13.6 Å². The van der Waals surface area contributed by atoms with Crippen molar-refractivity contribution in [2.75, 3.05) is 0 Å². The maximum Gasteiger partial charge on any atom is 0.248 e. The molecule has 0 atom stereocenters. The summed E-state index contributed by atoms with van der Waals surface area (Å²) in [5.41, 5.74) is 1.32. The normalized spacial score (nSPS) is 12.0. The van der Waals surface area contributed by atoms with E-state index in [1.54, 1.807) is 7.05 Å². The van der Waals surface area contributed by atoms with Gasteiger partial charge in [0.05, 0.1) is 10.2 Å². The van der Waals surface area contributed by atoms with Gasteiger partial charge in [0.2, 0.25) is 5.91 Å². The highest BCUT2D eigenvalue weighted by molar-refractivity contribution is 7.16. The largest absolute Gasteiger partial charge is 0.317 e. The average Bonchev–Trinajstić information content (AvgIpc) is 2.82. The van der Waals surface area contributed by atoms with E-state index in [0.29, 0.717) is 15.9 Å². The number of carbonyl (C=O) groups is 1. The van der Waals surface area contributed by atoms with Gasteiger partial charge in [0.1, 0.15) is 5.82 Å². The Morgan fingerprint density at radius 1 is 1.22 bits per heavy atom. The molecule has 23 heavy (non-hydrogen) atoms. The van der Waals surface area contributed by atoms with Crippen LogP contribution < -0.4 is 4.80 Å². The van der Waals surface area contributed by atoms with E-state index in [4.69, 9.17) is 0 Å². The molecule has 0 bridgehead atoms. The SMILES string of the molecule is Cn1c(=NC(=O)CCc2ccccc2)sc2cc(F)cc(F)c21. The van der Waals surface area contributed by atoms with Crippen molar-refractivity contribution in [2.45, 2.75) is 12.8 Å². The van der Waals surface area contributed by atoms with Gasteiger partial charge in [-0.1, -0.05) is 41.7 Å². The Morgan fingerprint density at radius 3 is 2.70 bits per heavy atom. The van der Waals surface area contributed by atoms with Crippen LogP contribution in [0.2, 0.25) is 0 Å². The number of rotatable bonds is 3. The summed E-state index contributed by atoms with van der Waals surface area (Å²) >= 11 is 1.10. The molecule has 118 valence electrons. The molecular formula is C17H14F2N2OS. The fourth-order valence-corrected chi connectivity index (χ4v) is 3.44. The number of hydrogen-bond donors (Lipinski definition) is 0. The Balaban J connectivity index is 1.87. The highest BCUT2D eigenvalue weighted by Crippen LogP contribution is 2.21. The number of amides is 1. The molecule has 0 unspecified atom stereocenters. The molecule has 6 heteroatoms. The van der Waals surface area contributed by atoms with Crippen molar-refractivity contribution in [1.29, 1.82) is 0 Å². The third-order valence-corrected chi connectivity index (χ3v) is 4.59. The van der Waals surface area contributed by atoms with E-state index in [1.807, 2.05) is 30.3 Å². The lowest BCUT2D eigenvalue weighted by Crippen LogP contribution is -2.14. The third kappa shape index (κ3) is 3.37. The second kappa shape index (κ2) is 6.42. The summed E-state index contributed by atoms with van der Waals surface area (Å²) in [6.07, 6.45) is 0.871. The minimum absolute atomic E-state index is 0.256. The van der Waals surface area contributed by atoms with Crippen LogP contribution in [-0.2, 0) is 18.3 Å². The number of aromatic nitrogens is 1. The fraction of sp³-hybridized carbons (Fsp3) is 0.176. The van der Waals surface area contributed by atoms with Crippen LogP contribution in [0.5, 0.6) is 0 Å². The van der Waals surface area contributed by atoms with Gasteiger partial charge in [0.25, 0.3) is 0 Å². The van der Waals surface area contributed by atoms with Gasteiger partial charge < -0.3 is 4.57 Å². The fourth-order valence-electron chi connectivity index (χ4n) is 2.36.